The van der Waals surface area contributed by atoms with Crippen LogP contribution in [0.2, 0.25) is 5.02 Å². The van der Waals surface area contributed by atoms with Crippen LogP contribution in [0, 0.1) is 12.7 Å². The van der Waals surface area contributed by atoms with E-state index in [0.29, 0.717) is 16.5 Å². The van der Waals surface area contributed by atoms with E-state index in [1.807, 2.05) is 29.7 Å². The number of halogens is 3. The van der Waals surface area contributed by atoms with Gasteiger partial charge in [0.05, 0.1) is 27.6 Å². The van der Waals surface area contributed by atoms with E-state index in [1.165, 1.54) is 18.2 Å². The maximum Gasteiger partial charge on any atom is 0.129 e. The normalized spacial score (nSPS) is 11.2. The number of fused-ring (bicyclic) bond motifs is 1. The number of rotatable bonds is 2. The van der Waals surface area contributed by atoms with Gasteiger partial charge in [-0.2, -0.15) is 0 Å². The summed E-state index contributed by atoms with van der Waals surface area (Å²) in [5.74, 6) is 0.518. The number of hydrogen-bond donors (Lipinski definition) is 0. The van der Waals surface area contributed by atoms with Crippen LogP contribution < -0.4 is 0 Å². The Hall–Kier alpha value is -1.58. The van der Waals surface area contributed by atoms with Gasteiger partial charge >= 0.3 is 0 Å². The number of benzene rings is 2. The smallest absolute Gasteiger partial charge is 0.129 e. The SMILES string of the molecule is Cc1cccc2nc(CCl)n(-c3cc(F)ccc3Cl)c12. The molecule has 102 valence electrons. The van der Waals surface area contributed by atoms with E-state index in [4.69, 9.17) is 23.2 Å². The van der Waals surface area contributed by atoms with Gasteiger partial charge in [-0.3, -0.25) is 4.57 Å². The largest absolute Gasteiger partial charge is 0.293 e. The first kappa shape index (κ1) is 13.4. The van der Waals surface area contributed by atoms with Gasteiger partial charge < -0.3 is 0 Å². The fraction of sp³-hybridized carbons (Fsp3) is 0.133. The number of hydrogen-bond acceptors (Lipinski definition) is 1. The van der Waals surface area contributed by atoms with Crippen LogP contribution in [-0.2, 0) is 5.88 Å². The molecule has 0 saturated carbocycles. The van der Waals surface area contributed by atoms with Gasteiger partial charge in [0.1, 0.15) is 11.6 Å². The number of nitrogens with zero attached hydrogens (tertiary/aromatic N) is 2. The zero-order valence-corrected chi connectivity index (χ0v) is 12.2. The van der Waals surface area contributed by atoms with E-state index < -0.39 is 0 Å². The van der Waals surface area contributed by atoms with E-state index in [2.05, 4.69) is 4.98 Å². The maximum absolute atomic E-state index is 13.5. The molecule has 1 heterocycles. The van der Waals surface area contributed by atoms with Crippen LogP contribution in [0.3, 0.4) is 0 Å². The Kier molecular flexibility index (Phi) is 3.40. The lowest BCUT2D eigenvalue weighted by molar-refractivity contribution is 0.626. The second kappa shape index (κ2) is 5.08. The predicted octanol–water partition coefficient (Wildman–Crippen LogP) is 4.87. The van der Waals surface area contributed by atoms with Crippen LogP contribution in [0.15, 0.2) is 36.4 Å². The number of para-hydroxylation sites is 1. The quantitative estimate of drug-likeness (QED) is 0.618. The van der Waals surface area contributed by atoms with Crippen LogP contribution in [-0.4, -0.2) is 9.55 Å². The zero-order chi connectivity index (χ0) is 14.3. The molecule has 0 fully saturated rings. The first-order chi connectivity index (χ1) is 9.61. The molecule has 0 unspecified atom stereocenters. The van der Waals surface area contributed by atoms with E-state index >= 15 is 0 Å². The lowest BCUT2D eigenvalue weighted by Crippen LogP contribution is -2.01. The van der Waals surface area contributed by atoms with Crippen molar-refractivity contribution in [3.05, 3.63) is 58.6 Å². The monoisotopic (exact) mass is 308 g/mol. The Labute approximate surface area is 125 Å². The predicted molar refractivity (Wildman–Crippen MR) is 80.3 cm³/mol. The first-order valence-corrected chi connectivity index (χ1v) is 7.01. The Morgan fingerprint density at radius 3 is 2.80 bits per heavy atom. The minimum Gasteiger partial charge on any atom is -0.293 e. The molecule has 5 heteroatoms. The number of aryl methyl sites for hydroxylation is 1. The lowest BCUT2D eigenvalue weighted by Gasteiger charge is -2.11. The summed E-state index contributed by atoms with van der Waals surface area (Å²) in [7, 11) is 0. The van der Waals surface area contributed by atoms with Crippen molar-refractivity contribution in [3.63, 3.8) is 0 Å². The third-order valence-electron chi connectivity index (χ3n) is 3.22. The summed E-state index contributed by atoms with van der Waals surface area (Å²) in [4.78, 5) is 4.49. The highest BCUT2D eigenvalue weighted by Gasteiger charge is 2.16. The fourth-order valence-electron chi connectivity index (χ4n) is 2.35. The molecule has 0 aliphatic heterocycles. The van der Waals surface area contributed by atoms with Gasteiger partial charge in [0, 0.05) is 0 Å². The molecule has 1 aromatic heterocycles. The number of imidazole rings is 1. The summed E-state index contributed by atoms with van der Waals surface area (Å²) in [5, 5.41) is 0.459. The standard InChI is InChI=1S/C15H11Cl2FN2/c1-9-3-2-4-12-15(9)20(14(8-16)19-12)13-7-10(18)5-6-11(13)17/h2-7H,8H2,1H3. The average molecular weight is 309 g/mol. The van der Waals surface area contributed by atoms with Crippen LogP contribution >= 0.6 is 23.2 Å². The molecule has 2 aromatic carbocycles. The first-order valence-electron chi connectivity index (χ1n) is 6.10. The van der Waals surface area contributed by atoms with Crippen molar-refractivity contribution in [2.75, 3.05) is 0 Å². The van der Waals surface area contributed by atoms with Gasteiger partial charge in [-0.15, -0.1) is 11.6 Å². The molecule has 0 atom stereocenters. The van der Waals surface area contributed by atoms with Crippen molar-refractivity contribution in [2.24, 2.45) is 0 Å². The van der Waals surface area contributed by atoms with Crippen LogP contribution in [0.25, 0.3) is 16.7 Å². The molecule has 0 radical (unpaired) electrons. The second-order valence-electron chi connectivity index (χ2n) is 4.54. The third kappa shape index (κ3) is 2.07. The molecule has 0 spiro atoms. The molecule has 0 N–H and O–H groups in total. The third-order valence-corrected chi connectivity index (χ3v) is 3.77. The highest BCUT2D eigenvalue weighted by Crippen LogP contribution is 2.29. The minimum atomic E-state index is -0.347. The molecular weight excluding hydrogens is 298 g/mol. The summed E-state index contributed by atoms with van der Waals surface area (Å²) in [6.07, 6.45) is 0. The molecule has 0 saturated heterocycles. The van der Waals surface area contributed by atoms with Crippen molar-refractivity contribution in [2.45, 2.75) is 12.8 Å². The Morgan fingerprint density at radius 2 is 2.05 bits per heavy atom. The topological polar surface area (TPSA) is 17.8 Å². The maximum atomic E-state index is 13.5. The van der Waals surface area contributed by atoms with E-state index in [0.717, 1.165) is 16.6 Å². The van der Waals surface area contributed by atoms with E-state index in [9.17, 15) is 4.39 Å². The number of aromatic nitrogens is 2. The van der Waals surface area contributed by atoms with Crippen molar-refractivity contribution >= 4 is 34.2 Å². The van der Waals surface area contributed by atoms with Crippen molar-refractivity contribution in [3.8, 4) is 5.69 Å². The molecule has 0 bridgehead atoms. The van der Waals surface area contributed by atoms with Gasteiger partial charge in [0.25, 0.3) is 0 Å². The van der Waals surface area contributed by atoms with Gasteiger partial charge in [-0.05, 0) is 36.8 Å². The molecule has 0 aliphatic rings. The van der Waals surface area contributed by atoms with E-state index in [-0.39, 0.29) is 11.7 Å². The van der Waals surface area contributed by atoms with Crippen LogP contribution in [0.4, 0.5) is 4.39 Å². The molecule has 0 aliphatic carbocycles. The Morgan fingerprint density at radius 1 is 1.25 bits per heavy atom. The molecule has 2 nitrogen and oxygen atoms in total. The Bertz CT molecular complexity index is 796. The number of alkyl halides is 1. The Balaban J connectivity index is 2.42. The van der Waals surface area contributed by atoms with Crippen molar-refractivity contribution in [1.82, 2.24) is 9.55 Å². The highest BCUT2D eigenvalue weighted by molar-refractivity contribution is 6.32. The minimum absolute atomic E-state index is 0.223. The molecule has 3 aromatic rings. The van der Waals surface area contributed by atoms with Crippen LogP contribution in [0.5, 0.6) is 0 Å². The lowest BCUT2D eigenvalue weighted by atomic mass is 10.2. The highest BCUT2D eigenvalue weighted by atomic mass is 35.5. The average Bonchev–Trinajstić information content (AvgIpc) is 2.81. The van der Waals surface area contributed by atoms with E-state index in [1.54, 1.807) is 0 Å². The zero-order valence-electron chi connectivity index (χ0n) is 10.7. The fourth-order valence-corrected chi connectivity index (χ4v) is 2.73. The molecule has 3 rings (SSSR count). The second-order valence-corrected chi connectivity index (χ2v) is 5.21. The molecule has 20 heavy (non-hydrogen) atoms. The van der Waals surface area contributed by atoms with Crippen LogP contribution in [0.1, 0.15) is 11.4 Å². The van der Waals surface area contributed by atoms with Gasteiger partial charge in [-0.1, -0.05) is 23.7 Å². The summed E-state index contributed by atoms with van der Waals surface area (Å²) in [5.41, 5.74) is 3.31. The summed E-state index contributed by atoms with van der Waals surface area (Å²) < 4.78 is 15.4. The van der Waals surface area contributed by atoms with Gasteiger partial charge in [0.2, 0.25) is 0 Å². The summed E-state index contributed by atoms with van der Waals surface area (Å²) >= 11 is 12.2. The molecule has 0 amide bonds. The summed E-state index contributed by atoms with van der Waals surface area (Å²) in [6, 6.07) is 10.1. The van der Waals surface area contributed by atoms with Gasteiger partial charge in [-0.25, -0.2) is 9.37 Å². The van der Waals surface area contributed by atoms with Gasteiger partial charge in [0.15, 0.2) is 0 Å². The summed E-state index contributed by atoms with van der Waals surface area (Å²) in [6.45, 7) is 1.98. The van der Waals surface area contributed by atoms with Crippen molar-refractivity contribution in [1.29, 1.82) is 0 Å². The van der Waals surface area contributed by atoms with Crippen molar-refractivity contribution < 1.29 is 4.39 Å². The molecular formula is C15H11Cl2FN2.